The molecule has 4 aliphatic carbocycles. The van der Waals surface area contributed by atoms with Gasteiger partial charge in [0.25, 0.3) is 5.91 Å². The van der Waals surface area contributed by atoms with Gasteiger partial charge in [-0.1, -0.05) is 0 Å². The fraction of sp³-hybridized carbons (Fsp3) is 0.583. The highest BCUT2D eigenvalue weighted by atomic mass is 16.5. The quantitative estimate of drug-likeness (QED) is 0.677. The van der Waals surface area contributed by atoms with Crippen molar-refractivity contribution in [2.24, 2.45) is 17.8 Å². The molecule has 1 N–H and O–H groups in total. The average Bonchev–Trinajstić information content (AvgIpc) is 2.71. The van der Waals surface area contributed by atoms with Crippen molar-refractivity contribution in [1.82, 2.24) is 4.90 Å². The van der Waals surface area contributed by atoms with Crippen LogP contribution in [-0.2, 0) is 14.3 Å². The van der Waals surface area contributed by atoms with Crippen LogP contribution in [0.25, 0.3) is 0 Å². The fourth-order valence-corrected chi connectivity index (χ4v) is 6.37. The van der Waals surface area contributed by atoms with E-state index in [2.05, 4.69) is 11.4 Å². The molecular formula is C24H29N3O4. The predicted octanol–water partition coefficient (Wildman–Crippen LogP) is 3.51. The summed E-state index contributed by atoms with van der Waals surface area (Å²) >= 11 is 0. The number of amides is 2. The summed E-state index contributed by atoms with van der Waals surface area (Å²) in [5.74, 6) is 1.05. The van der Waals surface area contributed by atoms with Crippen LogP contribution in [0.3, 0.4) is 0 Å². The SMILES string of the molecule is CC(=O)Nc1ccc(C(=O)OCC(=O)N(CCC#N)C23CC4CC(CC(C4)C2)C3)cc1. The third-order valence-corrected chi connectivity index (χ3v) is 7.09. The monoisotopic (exact) mass is 423 g/mol. The summed E-state index contributed by atoms with van der Waals surface area (Å²) in [4.78, 5) is 38.6. The molecule has 7 heteroatoms. The van der Waals surface area contributed by atoms with Gasteiger partial charge in [-0.2, -0.15) is 5.26 Å². The number of ether oxygens (including phenoxy) is 1. The summed E-state index contributed by atoms with van der Waals surface area (Å²) in [7, 11) is 0. The van der Waals surface area contributed by atoms with Gasteiger partial charge in [-0.05, 0) is 80.5 Å². The van der Waals surface area contributed by atoms with E-state index in [1.807, 2.05) is 4.90 Å². The number of carbonyl (C=O) groups excluding carboxylic acids is 3. The average molecular weight is 424 g/mol. The van der Waals surface area contributed by atoms with Crippen LogP contribution in [0, 0.1) is 29.1 Å². The van der Waals surface area contributed by atoms with Gasteiger partial charge in [-0.25, -0.2) is 4.79 Å². The number of nitrogens with zero attached hydrogens (tertiary/aromatic N) is 2. The molecule has 4 saturated carbocycles. The van der Waals surface area contributed by atoms with E-state index in [0.29, 0.717) is 35.5 Å². The molecular weight excluding hydrogens is 394 g/mol. The summed E-state index contributed by atoms with van der Waals surface area (Å²) < 4.78 is 5.33. The van der Waals surface area contributed by atoms with Gasteiger partial charge >= 0.3 is 5.97 Å². The van der Waals surface area contributed by atoms with E-state index in [9.17, 15) is 14.4 Å². The molecule has 0 aliphatic heterocycles. The fourth-order valence-electron chi connectivity index (χ4n) is 6.37. The molecule has 0 heterocycles. The van der Waals surface area contributed by atoms with Crippen LogP contribution in [0.1, 0.15) is 62.2 Å². The largest absolute Gasteiger partial charge is 0.452 e. The highest BCUT2D eigenvalue weighted by Gasteiger charge is 2.54. The number of nitrogens with one attached hydrogen (secondary N) is 1. The molecule has 1 aromatic rings. The molecule has 7 nitrogen and oxygen atoms in total. The van der Waals surface area contributed by atoms with Crippen LogP contribution in [0.5, 0.6) is 0 Å². The lowest BCUT2D eigenvalue weighted by molar-refractivity contribution is -0.153. The Kier molecular flexibility index (Phi) is 5.99. The molecule has 0 spiro atoms. The van der Waals surface area contributed by atoms with Crippen molar-refractivity contribution >= 4 is 23.5 Å². The highest BCUT2D eigenvalue weighted by Crippen LogP contribution is 2.57. The van der Waals surface area contributed by atoms with E-state index < -0.39 is 5.97 Å². The number of anilines is 1. The lowest BCUT2D eigenvalue weighted by atomic mass is 9.52. The van der Waals surface area contributed by atoms with Crippen molar-refractivity contribution in [2.75, 3.05) is 18.5 Å². The van der Waals surface area contributed by atoms with E-state index in [0.717, 1.165) is 19.3 Å². The minimum atomic E-state index is -0.575. The van der Waals surface area contributed by atoms with E-state index in [-0.39, 0.29) is 30.4 Å². The Morgan fingerprint density at radius 1 is 1.10 bits per heavy atom. The van der Waals surface area contributed by atoms with Crippen LogP contribution >= 0.6 is 0 Å². The lowest BCUT2D eigenvalue weighted by Gasteiger charge is -2.60. The Bertz CT molecular complexity index is 867. The Balaban J connectivity index is 1.41. The molecule has 0 saturated heterocycles. The van der Waals surface area contributed by atoms with Crippen molar-refractivity contribution in [3.05, 3.63) is 29.8 Å². The Morgan fingerprint density at radius 2 is 1.68 bits per heavy atom. The summed E-state index contributed by atoms with van der Waals surface area (Å²) in [5.41, 5.74) is 0.736. The zero-order valence-corrected chi connectivity index (χ0v) is 17.9. The standard InChI is InChI=1S/C24H29N3O4/c1-16(28)26-21-5-3-20(4-6-21)23(30)31-15-22(29)27(8-2-7-25)24-12-17-9-18(13-24)11-19(10-17)14-24/h3-6,17-19H,2,8-15H2,1H3,(H,26,28). The number of carbonyl (C=O) groups is 3. The molecule has 5 rings (SSSR count). The summed E-state index contributed by atoms with van der Waals surface area (Å²) in [6.07, 6.45) is 7.11. The van der Waals surface area contributed by atoms with Crippen molar-refractivity contribution in [1.29, 1.82) is 5.26 Å². The van der Waals surface area contributed by atoms with E-state index in [1.165, 1.54) is 26.2 Å². The van der Waals surface area contributed by atoms with Crippen molar-refractivity contribution in [2.45, 2.75) is 57.4 Å². The first-order valence-electron chi connectivity index (χ1n) is 11.1. The maximum Gasteiger partial charge on any atom is 0.338 e. The van der Waals surface area contributed by atoms with Gasteiger partial charge in [0.15, 0.2) is 6.61 Å². The van der Waals surface area contributed by atoms with Gasteiger partial charge in [-0.3, -0.25) is 9.59 Å². The molecule has 4 aliphatic rings. The second-order valence-corrected chi connectivity index (χ2v) is 9.43. The van der Waals surface area contributed by atoms with Crippen molar-refractivity contribution < 1.29 is 19.1 Å². The van der Waals surface area contributed by atoms with Gasteiger partial charge in [-0.15, -0.1) is 0 Å². The molecule has 2 amide bonds. The van der Waals surface area contributed by atoms with Crippen molar-refractivity contribution in [3.63, 3.8) is 0 Å². The zero-order valence-electron chi connectivity index (χ0n) is 17.9. The van der Waals surface area contributed by atoms with Gasteiger partial charge in [0.2, 0.25) is 5.91 Å². The second-order valence-electron chi connectivity index (χ2n) is 9.43. The molecule has 0 unspecified atom stereocenters. The maximum atomic E-state index is 13.2. The van der Waals surface area contributed by atoms with E-state index >= 15 is 0 Å². The van der Waals surface area contributed by atoms with Gasteiger partial charge in [0.1, 0.15) is 0 Å². The molecule has 0 atom stereocenters. The summed E-state index contributed by atoms with van der Waals surface area (Å²) in [5, 5.41) is 11.8. The molecule has 4 fully saturated rings. The number of rotatable bonds is 7. The molecule has 164 valence electrons. The number of benzene rings is 1. The smallest absolute Gasteiger partial charge is 0.338 e. The van der Waals surface area contributed by atoms with Crippen LogP contribution in [0.4, 0.5) is 5.69 Å². The first-order valence-corrected chi connectivity index (χ1v) is 11.1. The lowest BCUT2D eigenvalue weighted by Crippen LogP contribution is -2.62. The van der Waals surface area contributed by atoms with Gasteiger partial charge in [0, 0.05) is 24.7 Å². The Morgan fingerprint density at radius 3 is 2.19 bits per heavy atom. The van der Waals surface area contributed by atoms with Crippen LogP contribution < -0.4 is 5.32 Å². The third-order valence-electron chi connectivity index (χ3n) is 7.09. The maximum absolute atomic E-state index is 13.2. The minimum absolute atomic E-state index is 0.172. The zero-order chi connectivity index (χ0) is 22.0. The first kappa shape index (κ1) is 21.4. The van der Waals surface area contributed by atoms with Crippen LogP contribution in [0.15, 0.2) is 24.3 Å². The topological polar surface area (TPSA) is 99.5 Å². The molecule has 4 bridgehead atoms. The van der Waals surface area contributed by atoms with Gasteiger partial charge in [0.05, 0.1) is 18.1 Å². The number of hydrogen-bond donors (Lipinski definition) is 1. The number of hydrogen-bond acceptors (Lipinski definition) is 5. The molecule has 0 radical (unpaired) electrons. The van der Waals surface area contributed by atoms with Crippen molar-refractivity contribution in [3.8, 4) is 6.07 Å². The van der Waals surface area contributed by atoms with E-state index in [1.54, 1.807) is 24.3 Å². The van der Waals surface area contributed by atoms with E-state index in [4.69, 9.17) is 10.00 Å². The number of esters is 1. The minimum Gasteiger partial charge on any atom is -0.452 e. The van der Waals surface area contributed by atoms with Crippen LogP contribution in [0.2, 0.25) is 0 Å². The van der Waals surface area contributed by atoms with Gasteiger partial charge < -0.3 is 15.0 Å². The molecule has 31 heavy (non-hydrogen) atoms. The summed E-state index contributed by atoms with van der Waals surface area (Å²) in [6, 6.07) is 8.52. The third kappa shape index (κ3) is 4.58. The normalized spacial score (nSPS) is 27.9. The summed E-state index contributed by atoms with van der Waals surface area (Å²) in [6.45, 7) is 1.49. The predicted molar refractivity (Wildman–Crippen MR) is 114 cm³/mol. The Hall–Kier alpha value is -2.88. The number of nitriles is 1. The first-order chi connectivity index (χ1) is 14.9. The Labute approximate surface area is 182 Å². The van der Waals surface area contributed by atoms with Crippen LogP contribution in [-0.4, -0.2) is 41.4 Å². The molecule has 0 aromatic heterocycles. The molecule has 1 aromatic carbocycles. The second kappa shape index (κ2) is 8.70. The highest BCUT2D eigenvalue weighted by molar-refractivity contribution is 5.93.